The number of nitrogens with one attached hydrogen (secondary N) is 1. The van der Waals surface area contributed by atoms with Crippen molar-refractivity contribution in [3.05, 3.63) is 12.4 Å². The first kappa shape index (κ1) is 11.1. The van der Waals surface area contributed by atoms with Gasteiger partial charge < -0.3 is 9.88 Å². The van der Waals surface area contributed by atoms with Gasteiger partial charge in [-0.05, 0) is 38.8 Å². The zero-order chi connectivity index (χ0) is 11.7. The summed E-state index contributed by atoms with van der Waals surface area (Å²) in [4.78, 5) is 7.01. The molecule has 4 heteroatoms. The number of aromatic nitrogens is 2. The van der Waals surface area contributed by atoms with Crippen molar-refractivity contribution in [2.75, 3.05) is 18.4 Å². The minimum Gasteiger partial charge on any atom is -0.353 e. The van der Waals surface area contributed by atoms with Gasteiger partial charge in [0.25, 0.3) is 0 Å². The van der Waals surface area contributed by atoms with E-state index in [9.17, 15) is 0 Å². The Balaban J connectivity index is 1.65. The molecule has 1 N–H and O–H groups in total. The Morgan fingerprint density at radius 2 is 2.29 bits per heavy atom. The quantitative estimate of drug-likeness (QED) is 0.845. The maximum Gasteiger partial charge on any atom is 0.203 e. The van der Waals surface area contributed by atoms with E-state index in [1.54, 1.807) is 0 Å². The van der Waals surface area contributed by atoms with Crippen molar-refractivity contribution in [3.8, 4) is 0 Å². The van der Waals surface area contributed by atoms with Crippen molar-refractivity contribution < 1.29 is 0 Å². The molecule has 2 aliphatic rings. The third kappa shape index (κ3) is 2.46. The van der Waals surface area contributed by atoms with Crippen molar-refractivity contribution in [2.45, 2.75) is 51.2 Å². The van der Waals surface area contributed by atoms with Gasteiger partial charge >= 0.3 is 0 Å². The molecule has 1 aromatic rings. The van der Waals surface area contributed by atoms with Crippen molar-refractivity contribution in [2.24, 2.45) is 0 Å². The largest absolute Gasteiger partial charge is 0.353 e. The summed E-state index contributed by atoms with van der Waals surface area (Å²) in [6.45, 7) is 5.78. The number of likely N-dealkylation sites (tertiary alicyclic amines) is 1. The van der Waals surface area contributed by atoms with Crippen LogP contribution in [0.2, 0.25) is 0 Å². The van der Waals surface area contributed by atoms with Crippen molar-refractivity contribution >= 4 is 5.95 Å². The number of likely N-dealkylation sites (N-methyl/N-ethyl adjacent to an activating group) is 1. The average molecular weight is 234 g/mol. The van der Waals surface area contributed by atoms with Gasteiger partial charge in [-0.15, -0.1) is 0 Å². The predicted molar refractivity (Wildman–Crippen MR) is 69.1 cm³/mol. The lowest BCUT2D eigenvalue weighted by atomic mass is 10.2. The lowest BCUT2D eigenvalue weighted by molar-refractivity contribution is 0.245. The minimum atomic E-state index is 0.682. The molecule has 0 bridgehead atoms. The molecule has 0 amide bonds. The molecule has 2 fully saturated rings. The number of anilines is 1. The number of rotatable bonds is 5. The summed E-state index contributed by atoms with van der Waals surface area (Å²) in [6, 6.07) is 1.39. The Kier molecular flexibility index (Phi) is 3.05. The molecule has 0 radical (unpaired) electrons. The first-order valence-electron chi connectivity index (χ1n) is 6.88. The summed E-state index contributed by atoms with van der Waals surface area (Å²) in [6.07, 6.45) is 9.30. The summed E-state index contributed by atoms with van der Waals surface area (Å²) in [5.41, 5.74) is 0. The Morgan fingerprint density at radius 3 is 3.06 bits per heavy atom. The summed E-state index contributed by atoms with van der Waals surface area (Å²) in [7, 11) is 0. The monoisotopic (exact) mass is 234 g/mol. The number of imidazole rings is 1. The highest BCUT2D eigenvalue weighted by Gasteiger charge is 2.26. The number of hydrogen-bond donors (Lipinski definition) is 1. The van der Waals surface area contributed by atoms with Crippen LogP contribution in [0.4, 0.5) is 5.95 Å². The molecule has 1 aliphatic heterocycles. The van der Waals surface area contributed by atoms with Gasteiger partial charge in [0.05, 0.1) is 0 Å². The standard InChI is InChI=1S/C13H22N4/c1-2-16-8-3-4-12(16)10-17-9-7-14-13(17)15-11-5-6-11/h7,9,11-12H,2-6,8,10H2,1H3,(H,14,15). The van der Waals surface area contributed by atoms with Gasteiger partial charge in [-0.1, -0.05) is 6.92 Å². The lowest BCUT2D eigenvalue weighted by Gasteiger charge is -2.23. The van der Waals surface area contributed by atoms with Crippen molar-refractivity contribution in [3.63, 3.8) is 0 Å². The molecule has 1 aliphatic carbocycles. The fourth-order valence-electron chi connectivity index (χ4n) is 2.75. The maximum atomic E-state index is 4.42. The Hall–Kier alpha value is -1.03. The molecule has 94 valence electrons. The molecule has 2 heterocycles. The number of hydrogen-bond acceptors (Lipinski definition) is 3. The normalized spacial score (nSPS) is 25.4. The van der Waals surface area contributed by atoms with E-state index in [0.717, 1.165) is 12.5 Å². The molecule has 1 aromatic heterocycles. The second-order valence-corrected chi connectivity index (χ2v) is 5.25. The van der Waals surface area contributed by atoms with Crippen LogP contribution < -0.4 is 5.32 Å². The van der Waals surface area contributed by atoms with E-state index in [1.165, 1.54) is 38.8 Å². The van der Waals surface area contributed by atoms with Crippen LogP contribution in [0.1, 0.15) is 32.6 Å². The van der Waals surface area contributed by atoms with Crippen LogP contribution >= 0.6 is 0 Å². The highest BCUT2D eigenvalue weighted by atomic mass is 15.3. The Labute approximate surface area is 103 Å². The van der Waals surface area contributed by atoms with Gasteiger partial charge in [-0.25, -0.2) is 4.98 Å². The summed E-state index contributed by atoms with van der Waals surface area (Å²) in [5.74, 6) is 1.07. The summed E-state index contributed by atoms with van der Waals surface area (Å²) >= 11 is 0. The Bertz CT molecular complexity index is 369. The van der Waals surface area contributed by atoms with E-state index in [2.05, 4.69) is 32.9 Å². The van der Waals surface area contributed by atoms with Crippen molar-refractivity contribution in [1.82, 2.24) is 14.5 Å². The van der Waals surface area contributed by atoms with Crippen LogP contribution in [0.5, 0.6) is 0 Å². The van der Waals surface area contributed by atoms with Crippen LogP contribution in [-0.4, -0.2) is 39.6 Å². The fourth-order valence-corrected chi connectivity index (χ4v) is 2.75. The molecular weight excluding hydrogens is 212 g/mol. The van der Waals surface area contributed by atoms with E-state index in [4.69, 9.17) is 0 Å². The molecule has 4 nitrogen and oxygen atoms in total. The number of nitrogens with zero attached hydrogens (tertiary/aromatic N) is 3. The molecular formula is C13H22N4. The molecule has 0 spiro atoms. The zero-order valence-electron chi connectivity index (χ0n) is 10.6. The van der Waals surface area contributed by atoms with Crippen LogP contribution in [0.15, 0.2) is 12.4 Å². The first-order chi connectivity index (χ1) is 8.36. The maximum absolute atomic E-state index is 4.42. The second-order valence-electron chi connectivity index (χ2n) is 5.25. The highest BCUT2D eigenvalue weighted by molar-refractivity contribution is 5.29. The van der Waals surface area contributed by atoms with Crippen LogP contribution in [0.3, 0.4) is 0 Å². The minimum absolute atomic E-state index is 0.682. The topological polar surface area (TPSA) is 33.1 Å². The second kappa shape index (κ2) is 4.69. The third-order valence-corrected chi connectivity index (χ3v) is 3.94. The van der Waals surface area contributed by atoms with E-state index in [0.29, 0.717) is 12.1 Å². The fraction of sp³-hybridized carbons (Fsp3) is 0.769. The van der Waals surface area contributed by atoms with E-state index >= 15 is 0 Å². The SMILES string of the molecule is CCN1CCCC1Cn1ccnc1NC1CC1. The lowest BCUT2D eigenvalue weighted by Crippen LogP contribution is -2.32. The molecule has 3 rings (SSSR count). The van der Waals surface area contributed by atoms with Gasteiger partial charge in [0.2, 0.25) is 5.95 Å². The smallest absolute Gasteiger partial charge is 0.203 e. The molecule has 1 saturated heterocycles. The summed E-state index contributed by atoms with van der Waals surface area (Å²) in [5, 5.41) is 3.50. The van der Waals surface area contributed by atoms with E-state index in [1.807, 2.05) is 6.20 Å². The highest BCUT2D eigenvalue weighted by Crippen LogP contribution is 2.25. The van der Waals surface area contributed by atoms with E-state index < -0.39 is 0 Å². The molecule has 1 saturated carbocycles. The first-order valence-corrected chi connectivity index (χ1v) is 6.88. The van der Waals surface area contributed by atoms with Crippen LogP contribution in [0, 0.1) is 0 Å². The molecule has 0 aromatic carbocycles. The third-order valence-electron chi connectivity index (χ3n) is 3.94. The Morgan fingerprint density at radius 1 is 1.41 bits per heavy atom. The van der Waals surface area contributed by atoms with Crippen LogP contribution in [0.25, 0.3) is 0 Å². The van der Waals surface area contributed by atoms with Crippen molar-refractivity contribution in [1.29, 1.82) is 0 Å². The summed E-state index contributed by atoms with van der Waals surface area (Å²) < 4.78 is 2.29. The van der Waals surface area contributed by atoms with Gasteiger partial charge in [-0.3, -0.25) is 4.90 Å². The van der Waals surface area contributed by atoms with Gasteiger partial charge in [0.15, 0.2) is 0 Å². The zero-order valence-corrected chi connectivity index (χ0v) is 10.6. The van der Waals surface area contributed by atoms with Gasteiger partial charge in [0.1, 0.15) is 0 Å². The average Bonchev–Trinajstić information content (AvgIpc) is 2.87. The molecule has 1 atom stereocenters. The molecule has 17 heavy (non-hydrogen) atoms. The molecule has 1 unspecified atom stereocenters. The van der Waals surface area contributed by atoms with Crippen LogP contribution in [-0.2, 0) is 6.54 Å². The van der Waals surface area contributed by atoms with E-state index in [-0.39, 0.29) is 0 Å². The van der Waals surface area contributed by atoms with Gasteiger partial charge in [-0.2, -0.15) is 0 Å². The van der Waals surface area contributed by atoms with Gasteiger partial charge in [0, 0.05) is 31.0 Å². The predicted octanol–water partition coefficient (Wildman–Crippen LogP) is 1.94.